The first-order valence-corrected chi connectivity index (χ1v) is 20.2. The Morgan fingerprint density at radius 2 is 1.66 bits per heavy atom. The van der Waals surface area contributed by atoms with E-state index >= 15 is 0 Å². The highest BCUT2D eigenvalue weighted by atomic mass is 28.4. The molecule has 7 atom stereocenters. The zero-order valence-corrected chi connectivity index (χ0v) is 31.4. The SMILES string of the molecule is CCCCC[C@H](/C=C/[C@@H]1[C@H](CCOC(C)=O)[C@@H](O[Si](C)(C)C(C)(C)C)C[C@H]1OC(C)OCC)OC(=O)[C@H](OC(C)=O)c1ccccc1. The van der Waals surface area contributed by atoms with Crippen LogP contribution in [0.1, 0.15) is 106 Å². The summed E-state index contributed by atoms with van der Waals surface area (Å²) in [6.07, 6.45) is 6.30. The van der Waals surface area contributed by atoms with E-state index < -0.39 is 38.8 Å². The number of esters is 3. The molecule has 1 saturated carbocycles. The first kappa shape index (κ1) is 40.6. The van der Waals surface area contributed by atoms with Crippen molar-refractivity contribution in [2.75, 3.05) is 13.2 Å². The van der Waals surface area contributed by atoms with Gasteiger partial charge in [0, 0.05) is 31.9 Å². The first-order valence-electron chi connectivity index (χ1n) is 17.3. The minimum atomic E-state index is -2.16. The maximum Gasteiger partial charge on any atom is 0.352 e. The predicted molar refractivity (Wildman–Crippen MR) is 185 cm³/mol. The van der Waals surface area contributed by atoms with Crippen LogP contribution in [0.25, 0.3) is 0 Å². The Hall–Kier alpha value is -2.53. The van der Waals surface area contributed by atoms with Crippen LogP contribution in [0.2, 0.25) is 18.1 Å². The average Bonchev–Trinajstić information content (AvgIpc) is 3.28. The molecule has 0 radical (unpaired) electrons. The first-order chi connectivity index (χ1) is 22.1. The predicted octanol–water partition coefficient (Wildman–Crippen LogP) is 8.09. The van der Waals surface area contributed by atoms with Crippen molar-refractivity contribution in [1.29, 1.82) is 0 Å². The Bertz CT molecular complexity index is 1130. The number of carbonyl (C=O) groups is 3. The summed E-state index contributed by atoms with van der Waals surface area (Å²) in [6, 6.07) is 8.90. The Morgan fingerprint density at radius 3 is 2.23 bits per heavy atom. The molecule has 0 N–H and O–H groups in total. The molecule has 1 aliphatic rings. The van der Waals surface area contributed by atoms with Crippen molar-refractivity contribution in [2.24, 2.45) is 11.8 Å². The number of hydrogen-bond donors (Lipinski definition) is 0. The lowest BCUT2D eigenvalue weighted by atomic mass is 9.90. The van der Waals surface area contributed by atoms with E-state index in [1.54, 1.807) is 24.3 Å². The fraction of sp³-hybridized carbons (Fsp3) is 0.703. The normalized spacial score (nSPS) is 22.1. The zero-order valence-electron chi connectivity index (χ0n) is 30.4. The third-order valence-electron chi connectivity index (χ3n) is 9.15. The third kappa shape index (κ3) is 13.5. The summed E-state index contributed by atoms with van der Waals surface area (Å²) in [7, 11) is -2.16. The molecule has 47 heavy (non-hydrogen) atoms. The topological polar surface area (TPSA) is 107 Å². The summed E-state index contributed by atoms with van der Waals surface area (Å²) in [5.74, 6) is -1.63. The molecule has 0 saturated heterocycles. The molecule has 0 spiro atoms. The summed E-state index contributed by atoms with van der Waals surface area (Å²) in [4.78, 5) is 37.2. The molecule has 9 nitrogen and oxygen atoms in total. The Kier molecular flexibility index (Phi) is 16.8. The number of carbonyl (C=O) groups excluding carboxylic acids is 3. The number of hydrogen-bond acceptors (Lipinski definition) is 9. The second-order valence-corrected chi connectivity index (χ2v) is 18.7. The minimum Gasteiger partial charge on any atom is -0.466 e. The Morgan fingerprint density at radius 1 is 0.979 bits per heavy atom. The third-order valence-corrected chi connectivity index (χ3v) is 13.7. The van der Waals surface area contributed by atoms with Gasteiger partial charge in [-0.3, -0.25) is 9.59 Å². The molecule has 0 aliphatic heterocycles. The summed E-state index contributed by atoms with van der Waals surface area (Å²) in [5, 5.41) is 0.00609. The number of benzene rings is 1. The van der Waals surface area contributed by atoms with E-state index in [1.165, 1.54) is 13.8 Å². The molecule has 0 aromatic heterocycles. The molecule has 0 bridgehead atoms. The van der Waals surface area contributed by atoms with Crippen molar-refractivity contribution in [1.82, 2.24) is 0 Å². The lowest BCUT2D eigenvalue weighted by molar-refractivity contribution is -0.169. The molecule has 1 aromatic carbocycles. The summed E-state index contributed by atoms with van der Waals surface area (Å²) >= 11 is 0. The van der Waals surface area contributed by atoms with Gasteiger partial charge >= 0.3 is 17.9 Å². The number of unbranched alkanes of at least 4 members (excludes halogenated alkanes) is 2. The van der Waals surface area contributed by atoms with Gasteiger partial charge in [0.05, 0.1) is 18.8 Å². The van der Waals surface area contributed by atoms with Gasteiger partial charge in [0.2, 0.25) is 6.10 Å². The highest BCUT2D eigenvalue weighted by Crippen LogP contribution is 2.45. The van der Waals surface area contributed by atoms with Gasteiger partial charge in [-0.15, -0.1) is 0 Å². The van der Waals surface area contributed by atoms with Gasteiger partial charge in [-0.1, -0.05) is 76.9 Å². The second-order valence-electron chi connectivity index (χ2n) is 14.0. The fourth-order valence-corrected chi connectivity index (χ4v) is 7.11. The van der Waals surface area contributed by atoms with Crippen LogP contribution in [0.5, 0.6) is 0 Å². The molecule has 1 fully saturated rings. The van der Waals surface area contributed by atoms with Gasteiger partial charge in [0.1, 0.15) is 6.10 Å². The van der Waals surface area contributed by atoms with Crippen molar-refractivity contribution in [2.45, 2.75) is 143 Å². The van der Waals surface area contributed by atoms with Gasteiger partial charge in [-0.25, -0.2) is 4.79 Å². The number of ether oxygens (including phenoxy) is 5. The van der Waals surface area contributed by atoms with Crippen molar-refractivity contribution < 1.29 is 42.5 Å². The van der Waals surface area contributed by atoms with Crippen LogP contribution in [0.15, 0.2) is 42.5 Å². The van der Waals surface area contributed by atoms with Crippen LogP contribution < -0.4 is 0 Å². The van der Waals surface area contributed by atoms with Crippen LogP contribution in [0.4, 0.5) is 0 Å². The molecule has 0 amide bonds. The average molecular weight is 677 g/mol. The van der Waals surface area contributed by atoms with Gasteiger partial charge in [-0.05, 0) is 69.7 Å². The molecular formula is C37H60O9Si. The molecular weight excluding hydrogens is 616 g/mol. The van der Waals surface area contributed by atoms with Crippen LogP contribution in [0, 0.1) is 11.8 Å². The second kappa shape index (κ2) is 19.5. The van der Waals surface area contributed by atoms with Gasteiger partial charge in [0.25, 0.3) is 0 Å². The van der Waals surface area contributed by atoms with E-state index in [0.717, 1.165) is 19.3 Å². The van der Waals surface area contributed by atoms with E-state index in [1.807, 2.05) is 26.0 Å². The minimum absolute atomic E-state index is 0.00609. The van der Waals surface area contributed by atoms with Crippen LogP contribution >= 0.6 is 0 Å². The lowest BCUT2D eigenvalue weighted by Gasteiger charge is -2.40. The molecule has 2 rings (SSSR count). The lowest BCUT2D eigenvalue weighted by Crippen LogP contribution is -2.45. The summed E-state index contributed by atoms with van der Waals surface area (Å²) in [5.41, 5.74) is 0.550. The van der Waals surface area contributed by atoms with Crippen LogP contribution in [-0.2, 0) is 42.5 Å². The molecule has 0 heterocycles. The maximum atomic E-state index is 13.5. The zero-order chi connectivity index (χ0) is 35.2. The van der Waals surface area contributed by atoms with E-state index in [9.17, 15) is 14.4 Å². The maximum absolute atomic E-state index is 13.5. The molecule has 1 unspecified atom stereocenters. The quantitative estimate of drug-likeness (QED) is 0.0359. The van der Waals surface area contributed by atoms with E-state index in [2.05, 4.69) is 46.9 Å². The standard InChI is InChI=1S/C37H60O9Si/c1-11-13-15-20-30(45-36(40)35(43-27(4)39)29-18-16-14-17-19-29)21-22-31-32(23-24-42-26(3)38)34(46-47(9,10)37(6,7)8)25-33(31)44-28(5)41-12-2/h14,16-19,21-22,28,30-35H,11-13,15,20,23-25H2,1-10H3/b22-21+/t28?,30-,31-,32+,33-,34+,35-/m1/s1. The van der Waals surface area contributed by atoms with Gasteiger partial charge in [0.15, 0.2) is 14.6 Å². The van der Waals surface area contributed by atoms with Gasteiger partial charge < -0.3 is 28.1 Å². The van der Waals surface area contributed by atoms with Crippen molar-refractivity contribution >= 4 is 26.2 Å². The monoisotopic (exact) mass is 676 g/mol. The summed E-state index contributed by atoms with van der Waals surface area (Å²) in [6.45, 7) is 20.6. The Labute approximate surface area is 284 Å². The van der Waals surface area contributed by atoms with Gasteiger partial charge in [-0.2, -0.15) is 0 Å². The van der Waals surface area contributed by atoms with Crippen molar-refractivity contribution in [3.63, 3.8) is 0 Å². The van der Waals surface area contributed by atoms with Crippen LogP contribution in [0.3, 0.4) is 0 Å². The molecule has 10 heteroatoms. The van der Waals surface area contributed by atoms with Crippen LogP contribution in [-0.4, -0.2) is 64.0 Å². The Balaban J connectivity index is 2.47. The van der Waals surface area contributed by atoms with Crippen molar-refractivity contribution in [3.05, 3.63) is 48.0 Å². The number of rotatable bonds is 19. The summed E-state index contributed by atoms with van der Waals surface area (Å²) < 4.78 is 36.2. The fourth-order valence-electron chi connectivity index (χ4n) is 5.72. The highest BCUT2D eigenvalue weighted by molar-refractivity contribution is 6.74. The largest absolute Gasteiger partial charge is 0.466 e. The van der Waals surface area contributed by atoms with E-state index in [-0.39, 0.29) is 41.7 Å². The van der Waals surface area contributed by atoms with E-state index in [4.69, 9.17) is 28.1 Å². The van der Waals surface area contributed by atoms with E-state index in [0.29, 0.717) is 31.4 Å². The smallest absolute Gasteiger partial charge is 0.352 e. The molecule has 266 valence electrons. The molecule has 1 aliphatic carbocycles. The molecule has 1 aromatic rings. The highest BCUT2D eigenvalue weighted by Gasteiger charge is 2.48. The van der Waals surface area contributed by atoms with Crippen molar-refractivity contribution in [3.8, 4) is 0 Å².